The number of rotatable bonds is 5. The van der Waals surface area contributed by atoms with Crippen molar-refractivity contribution in [2.24, 2.45) is 5.10 Å². The van der Waals surface area contributed by atoms with Crippen molar-refractivity contribution in [2.75, 3.05) is 0 Å². The minimum absolute atomic E-state index is 0.00357. The van der Waals surface area contributed by atoms with Crippen LogP contribution in [0.3, 0.4) is 0 Å². The quantitative estimate of drug-likeness (QED) is 0.295. The second kappa shape index (κ2) is 7.02. The molecule has 26 heavy (non-hydrogen) atoms. The molecule has 0 bridgehead atoms. The highest BCUT2D eigenvalue weighted by atomic mass is 32.2. The molecule has 0 N–H and O–H groups in total. The lowest BCUT2D eigenvalue weighted by molar-refractivity contribution is -0.384. The summed E-state index contributed by atoms with van der Waals surface area (Å²) in [7, 11) is 0. The molecule has 0 unspecified atom stereocenters. The molecule has 0 amide bonds. The number of non-ortho nitro benzene ring substituents is 1. The van der Waals surface area contributed by atoms with Crippen LogP contribution in [0.15, 0.2) is 69.5 Å². The Balaban J connectivity index is 1.70. The second-order valence-corrected chi connectivity index (χ2v) is 7.43. The molecular weight excluding hydrogens is 372 g/mol. The van der Waals surface area contributed by atoms with Gasteiger partial charge in [0.1, 0.15) is 12.7 Å². The first-order valence-corrected chi connectivity index (χ1v) is 9.03. The smallest absolute Gasteiger partial charge is 0.258 e. The van der Waals surface area contributed by atoms with Crippen LogP contribution in [0.4, 0.5) is 5.69 Å². The third-order valence-corrected chi connectivity index (χ3v) is 5.60. The summed E-state index contributed by atoms with van der Waals surface area (Å²) in [5.41, 5.74) is 1.56. The van der Waals surface area contributed by atoms with Gasteiger partial charge in [-0.3, -0.25) is 10.1 Å². The van der Waals surface area contributed by atoms with E-state index in [1.54, 1.807) is 23.6 Å². The maximum atomic E-state index is 11.1. The molecule has 0 saturated heterocycles. The summed E-state index contributed by atoms with van der Waals surface area (Å²) in [5, 5.41) is 22.6. The molecule has 2 heterocycles. The Bertz CT molecular complexity index is 1070. The number of fused-ring (bicyclic) bond motifs is 1. The molecule has 10 heteroatoms. The van der Waals surface area contributed by atoms with Crippen molar-refractivity contribution in [1.29, 1.82) is 0 Å². The summed E-state index contributed by atoms with van der Waals surface area (Å²) < 4.78 is 3.38. The number of hydrogen-bond acceptors (Lipinski definition) is 8. The van der Waals surface area contributed by atoms with E-state index >= 15 is 0 Å². The third kappa shape index (κ3) is 3.46. The predicted molar refractivity (Wildman–Crippen MR) is 99.9 cm³/mol. The van der Waals surface area contributed by atoms with Crippen LogP contribution >= 0.6 is 23.1 Å². The predicted octanol–water partition coefficient (Wildman–Crippen LogP) is 3.83. The van der Waals surface area contributed by atoms with E-state index in [-0.39, 0.29) is 5.69 Å². The summed E-state index contributed by atoms with van der Waals surface area (Å²) in [4.78, 5) is 16.1. The number of nitrogens with zero attached hydrogens (tertiary/aromatic N) is 6. The number of para-hydroxylation sites is 1. The molecule has 2 aromatic carbocycles. The van der Waals surface area contributed by atoms with E-state index in [0.717, 1.165) is 19.5 Å². The summed E-state index contributed by atoms with van der Waals surface area (Å²) in [5.74, 6) is 0. The minimum atomic E-state index is -0.428. The van der Waals surface area contributed by atoms with Crippen LogP contribution in [0.2, 0.25) is 0 Å². The monoisotopic (exact) mass is 382 g/mol. The summed E-state index contributed by atoms with van der Waals surface area (Å²) in [6, 6.07) is 12.6. The zero-order chi connectivity index (χ0) is 17.9. The van der Waals surface area contributed by atoms with Crippen LogP contribution in [0.25, 0.3) is 10.2 Å². The van der Waals surface area contributed by atoms with Crippen LogP contribution < -0.4 is 0 Å². The maximum Gasteiger partial charge on any atom is 0.270 e. The van der Waals surface area contributed by atoms with Crippen molar-refractivity contribution in [3.63, 3.8) is 0 Å². The Morgan fingerprint density at radius 1 is 1.19 bits per heavy atom. The molecule has 0 saturated carbocycles. The van der Waals surface area contributed by atoms with Gasteiger partial charge >= 0.3 is 0 Å². The topological polar surface area (TPSA) is 99.1 Å². The van der Waals surface area contributed by atoms with Gasteiger partial charge in [0, 0.05) is 22.6 Å². The lowest BCUT2D eigenvalue weighted by atomic mass is 10.2. The number of nitro groups is 1. The summed E-state index contributed by atoms with van der Waals surface area (Å²) >= 11 is 3.03. The highest BCUT2D eigenvalue weighted by Gasteiger charge is 2.13. The molecule has 4 rings (SSSR count). The largest absolute Gasteiger partial charge is 0.270 e. The van der Waals surface area contributed by atoms with Gasteiger partial charge in [-0.05, 0) is 18.2 Å². The average molecular weight is 382 g/mol. The Kier molecular flexibility index (Phi) is 4.42. The highest BCUT2D eigenvalue weighted by molar-refractivity contribution is 8.01. The van der Waals surface area contributed by atoms with Crippen molar-refractivity contribution in [2.45, 2.75) is 9.24 Å². The fourth-order valence-electron chi connectivity index (χ4n) is 2.22. The van der Waals surface area contributed by atoms with Gasteiger partial charge in [-0.25, -0.2) is 9.66 Å². The number of thiazole rings is 1. The van der Waals surface area contributed by atoms with Gasteiger partial charge in [-0.2, -0.15) is 5.10 Å². The van der Waals surface area contributed by atoms with Gasteiger partial charge in [0.2, 0.25) is 0 Å². The first-order chi connectivity index (χ1) is 12.7. The highest BCUT2D eigenvalue weighted by Crippen LogP contribution is 2.36. The SMILES string of the molecule is O=[N+]([O-])c1ccc(Sc2nc3ccccc3s2)c(/C=N/n2cnnc2)c1. The molecule has 0 fully saturated rings. The van der Waals surface area contributed by atoms with Crippen molar-refractivity contribution < 1.29 is 4.92 Å². The first kappa shape index (κ1) is 16.4. The zero-order valence-electron chi connectivity index (χ0n) is 13.1. The molecule has 0 aliphatic heterocycles. The van der Waals surface area contributed by atoms with Gasteiger partial charge in [0.25, 0.3) is 5.69 Å². The number of benzene rings is 2. The Hall–Kier alpha value is -3.11. The van der Waals surface area contributed by atoms with Crippen molar-refractivity contribution in [1.82, 2.24) is 19.9 Å². The lowest BCUT2D eigenvalue weighted by Gasteiger charge is -2.03. The van der Waals surface area contributed by atoms with Crippen LogP contribution in [-0.4, -0.2) is 31.0 Å². The van der Waals surface area contributed by atoms with Gasteiger partial charge in [0.05, 0.1) is 21.4 Å². The van der Waals surface area contributed by atoms with Gasteiger partial charge in [-0.1, -0.05) is 23.9 Å². The van der Waals surface area contributed by atoms with E-state index in [4.69, 9.17) is 0 Å². The number of aromatic nitrogens is 4. The van der Waals surface area contributed by atoms with Crippen molar-refractivity contribution >= 4 is 45.2 Å². The molecule has 0 aliphatic rings. The van der Waals surface area contributed by atoms with Crippen molar-refractivity contribution in [3.05, 3.63) is 70.8 Å². The summed E-state index contributed by atoms with van der Waals surface area (Å²) in [6.07, 6.45) is 4.43. The Labute approximate surface area is 155 Å². The molecular formula is C16H10N6O2S2. The van der Waals surface area contributed by atoms with E-state index in [1.165, 1.54) is 41.2 Å². The second-order valence-electron chi connectivity index (χ2n) is 5.12. The van der Waals surface area contributed by atoms with Gasteiger partial charge in [-0.15, -0.1) is 21.5 Å². The van der Waals surface area contributed by atoms with E-state index in [1.807, 2.05) is 24.3 Å². The lowest BCUT2D eigenvalue weighted by Crippen LogP contribution is -1.94. The Morgan fingerprint density at radius 3 is 2.77 bits per heavy atom. The van der Waals surface area contributed by atoms with Crippen molar-refractivity contribution in [3.8, 4) is 0 Å². The maximum absolute atomic E-state index is 11.1. The number of hydrogen-bond donors (Lipinski definition) is 0. The minimum Gasteiger partial charge on any atom is -0.258 e. The average Bonchev–Trinajstić information content (AvgIpc) is 3.29. The molecule has 0 spiro atoms. The van der Waals surface area contributed by atoms with E-state index in [2.05, 4.69) is 20.3 Å². The zero-order valence-corrected chi connectivity index (χ0v) is 14.7. The first-order valence-electron chi connectivity index (χ1n) is 7.40. The standard InChI is InChI=1S/C16H10N6O2S2/c23-22(24)12-5-6-14(11(7-12)8-19-21-9-17-18-10-21)25-16-20-13-3-1-2-4-15(13)26-16/h1-10H/b19-8+. The molecule has 4 aromatic rings. The fraction of sp³-hybridized carbons (Fsp3) is 0. The number of nitro benzene ring substituents is 1. The van der Waals surface area contributed by atoms with Crippen LogP contribution in [-0.2, 0) is 0 Å². The van der Waals surface area contributed by atoms with Crippen LogP contribution in [0.1, 0.15) is 5.56 Å². The summed E-state index contributed by atoms with van der Waals surface area (Å²) in [6.45, 7) is 0. The van der Waals surface area contributed by atoms with Crippen LogP contribution in [0.5, 0.6) is 0 Å². The van der Waals surface area contributed by atoms with E-state index in [9.17, 15) is 10.1 Å². The molecule has 0 aliphatic carbocycles. The van der Waals surface area contributed by atoms with Gasteiger partial charge in [0.15, 0.2) is 4.34 Å². The normalized spacial score (nSPS) is 11.4. The molecule has 8 nitrogen and oxygen atoms in total. The molecule has 0 atom stereocenters. The Morgan fingerprint density at radius 2 is 2.00 bits per heavy atom. The van der Waals surface area contributed by atoms with E-state index < -0.39 is 4.92 Å². The third-order valence-electron chi connectivity index (χ3n) is 3.41. The molecule has 2 aromatic heterocycles. The van der Waals surface area contributed by atoms with Crippen LogP contribution in [0, 0.1) is 10.1 Å². The molecule has 0 radical (unpaired) electrons. The fourth-order valence-corrected chi connectivity index (χ4v) is 4.32. The van der Waals surface area contributed by atoms with E-state index in [0.29, 0.717) is 5.56 Å². The molecule has 128 valence electrons. The van der Waals surface area contributed by atoms with Gasteiger partial charge < -0.3 is 0 Å².